The molecule has 0 saturated heterocycles. The fourth-order valence-electron chi connectivity index (χ4n) is 0.962. The lowest BCUT2D eigenvalue weighted by Crippen LogP contribution is -2.40. The van der Waals surface area contributed by atoms with E-state index in [0.29, 0.717) is 5.70 Å². The summed E-state index contributed by atoms with van der Waals surface area (Å²) in [6.07, 6.45) is 0. The zero-order chi connectivity index (χ0) is 10.9. The van der Waals surface area contributed by atoms with Crippen molar-refractivity contribution in [2.75, 3.05) is 0 Å². The maximum absolute atomic E-state index is 11.7. The average molecular weight is 183 g/mol. The highest BCUT2D eigenvalue weighted by Gasteiger charge is 2.25. The normalized spacial score (nSPS) is 12.5. The van der Waals surface area contributed by atoms with Crippen LogP contribution in [0.3, 0.4) is 0 Å². The minimum absolute atomic E-state index is 0.0717. The van der Waals surface area contributed by atoms with Crippen molar-refractivity contribution in [1.29, 1.82) is 0 Å². The van der Waals surface area contributed by atoms with Crippen molar-refractivity contribution in [3.05, 3.63) is 12.3 Å². The van der Waals surface area contributed by atoms with Crippen molar-refractivity contribution in [3.8, 4) is 0 Å². The summed E-state index contributed by atoms with van der Waals surface area (Å²) in [5, 5.41) is 3.08. The van der Waals surface area contributed by atoms with E-state index in [1.165, 1.54) is 0 Å². The van der Waals surface area contributed by atoms with Gasteiger partial charge in [-0.2, -0.15) is 0 Å². The molecular weight excluding hydrogens is 162 g/mol. The summed E-state index contributed by atoms with van der Waals surface area (Å²) in [5.41, 5.74) is 0.0489. The van der Waals surface area contributed by atoms with Crippen LogP contribution in [0.4, 0.5) is 0 Å². The molecule has 0 bridgehead atoms. The van der Waals surface area contributed by atoms with Crippen LogP contribution < -0.4 is 5.32 Å². The van der Waals surface area contributed by atoms with Gasteiger partial charge in [0, 0.05) is 11.0 Å². The highest BCUT2D eigenvalue weighted by Crippen LogP contribution is 2.19. The molecule has 0 fully saturated rings. The average Bonchev–Trinajstić information content (AvgIpc) is 1.79. The predicted molar refractivity (Wildman–Crippen MR) is 56.5 cm³/mol. The van der Waals surface area contributed by atoms with Gasteiger partial charge in [0.2, 0.25) is 0 Å². The van der Waals surface area contributed by atoms with Crippen LogP contribution in [-0.2, 0) is 4.79 Å². The number of carbonyl (C=O) groups is 1. The lowest BCUT2D eigenvalue weighted by atomic mass is 9.88. The number of ketones is 1. The topological polar surface area (TPSA) is 29.1 Å². The molecule has 0 aromatic rings. The van der Waals surface area contributed by atoms with Gasteiger partial charge in [-0.1, -0.05) is 27.4 Å². The van der Waals surface area contributed by atoms with Gasteiger partial charge in [-0.05, 0) is 20.8 Å². The van der Waals surface area contributed by atoms with Crippen LogP contribution >= 0.6 is 0 Å². The van der Waals surface area contributed by atoms with Crippen molar-refractivity contribution in [2.24, 2.45) is 5.41 Å². The van der Waals surface area contributed by atoms with E-state index in [0.717, 1.165) is 0 Å². The second-order valence-corrected chi connectivity index (χ2v) is 5.43. The Hall–Kier alpha value is -0.790. The van der Waals surface area contributed by atoms with E-state index in [-0.39, 0.29) is 16.7 Å². The zero-order valence-electron chi connectivity index (χ0n) is 9.62. The van der Waals surface area contributed by atoms with Crippen molar-refractivity contribution in [2.45, 2.75) is 47.1 Å². The summed E-state index contributed by atoms with van der Waals surface area (Å²) in [6, 6.07) is 0. The molecule has 0 radical (unpaired) electrons. The molecule has 0 aliphatic carbocycles. The molecule has 0 aliphatic rings. The third-order valence-electron chi connectivity index (χ3n) is 1.48. The first kappa shape index (κ1) is 12.2. The smallest absolute Gasteiger partial charge is 0.183 e. The molecule has 76 valence electrons. The molecule has 0 aromatic carbocycles. The van der Waals surface area contributed by atoms with Crippen LogP contribution in [0.25, 0.3) is 0 Å². The molecule has 0 unspecified atom stereocenters. The Labute approximate surface area is 81.4 Å². The van der Waals surface area contributed by atoms with Crippen molar-refractivity contribution in [3.63, 3.8) is 0 Å². The standard InChI is InChI=1S/C11H21NO/c1-8(12-11(5,6)7)9(13)10(2,3)4/h12H,1H2,2-7H3. The van der Waals surface area contributed by atoms with Gasteiger partial charge < -0.3 is 5.32 Å². The highest BCUT2D eigenvalue weighted by molar-refractivity contribution is 5.98. The molecular formula is C11H21NO. The third kappa shape index (κ3) is 4.71. The zero-order valence-corrected chi connectivity index (χ0v) is 9.62. The predicted octanol–water partition coefficient (Wildman–Crippen LogP) is 2.50. The van der Waals surface area contributed by atoms with Gasteiger partial charge in [-0.15, -0.1) is 0 Å². The van der Waals surface area contributed by atoms with E-state index in [1.807, 2.05) is 41.5 Å². The summed E-state index contributed by atoms with van der Waals surface area (Å²) in [6.45, 7) is 15.5. The minimum atomic E-state index is -0.352. The largest absolute Gasteiger partial charge is 0.378 e. The van der Waals surface area contributed by atoms with Crippen LogP contribution in [0.15, 0.2) is 12.3 Å². The van der Waals surface area contributed by atoms with E-state index in [2.05, 4.69) is 11.9 Å². The van der Waals surface area contributed by atoms with Gasteiger partial charge >= 0.3 is 0 Å². The van der Waals surface area contributed by atoms with E-state index < -0.39 is 0 Å². The number of carbonyl (C=O) groups excluding carboxylic acids is 1. The Bertz CT molecular complexity index is 215. The molecule has 0 amide bonds. The highest BCUT2D eigenvalue weighted by atomic mass is 16.1. The Morgan fingerprint density at radius 1 is 1.08 bits per heavy atom. The molecule has 0 heterocycles. The van der Waals surface area contributed by atoms with Crippen LogP contribution in [-0.4, -0.2) is 11.3 Å². The molecule has 13 heavy (non-hydrogen) atoms. The number of hydrogen-bond acceptors (Lipinski definition) is 2. The third-order valence-corrected chi connectivity index (χ3v) is 1.48. The van der Waals surface area contributed by atoms with Crippen LogP contribution in [0.2, 0.25) is 0 Å². The lowest BCUT2D eigenvalue weighted by molar-refractivity contribution is -0.123. The number of rotatable bonds is 2. The summed E-state index contributed by atoms with van der Waals surface area (Å²) in [5.74, 6) is 0.0717. The van der Waals surface area contributed by atoms with Gasteiger partial charge in [0.25, 0.3) is 0 Å². The molecule has 0 aromatic heterocycles. The molecule has 1 N–H and O–H groups in total. The van der Waals surface area contributed by atoms with Crippen LogP contribution in [0.1, 0.15) is 41.5 Å². The van der Waals surface area contributed by atoms with Gasteiger partial charge in [0.15, 0.2) is 5.78 Å². The number of hydrogen-bond donors (Lipinski definition) is 1. The van der Waals surface area contributed by atoms with Gasteiger partial charge in [0.1, 0.15) is 0 Å². The Morgan fingerprint density at radius 3 is 1.69 bits per heavy atom. The van der Waals surface area contributed by atoms with Crippen LogP contribution in [0.5, 0.6) is 0 Å². The molecule has 0 rings (SSSR count). The van der Waals surface area contributed by atoms with Gasteiger partial charge in [-0.25, -0.2) is 0 Å². The first-order valence-corrected chi connectivity index (χ1v) is 4.56. The Kier molecular flexibility index (Phi) is 3.31. The van der Waals surface area contributed by atoms with E-state index in [9.17, 15) is 4.79 Å². The minimum Gasteiger partial charge on any atom is -0.378 e. The molecule has 0 spiro atoms. The molecule has 0 atom stereocenters. The second kappa shape index (κ2) is 3.52. The Morgan fingerprint density at radius 2 is 1.46 bits per heavy atom. The summed E-state index contributed by atoms with van der Waals surface area (Å²) < 4.78 is 0. The number of nitrogens with one attached hydrogen (secondary N) is 1. The van der Waals surface area contributed by atoms with E-state index in [1.54, 1.807) is 0 Å². The first-order valence-electron chi connectivity index (χ1n) is 4.56. The summed E-state index contributed by atoms with van der Waals surface area (Å²) in [7, 11) is 0. The summed E-state index contributed by atoms with van der Waals surface area (Å²) >= 11 is 0. The Balaban J connectivity index is 4.40. The van der Waals surface area contributed by atoms with Crippen molar-refractivity contribution in [1.82, 2.24) is 5.32 Å². The molecule has 2 heteroatoms. The van der Waals surface area contributed by atoms with Crippen molar-refractivity contribution >= 4 is 5.78 Å². The van der Waals surface area contributed by atoms with E-state index >= 15 is 0 Å². The molecule has 2 nitrogen and oxygen atoms in total. The quantitative estimate of drug-likeness (QED) is 0.666. The fourth-order valence-corrected chi connectivity index (χ4v) is 0.962. The van der Waals surface area contributed by atoms with Gasteiger partial charge in [0.05, 0.1) is 5.70 Å². The van der Waals surface area contributed by atoms with Crippen molar-refractivity contribution < 1.29 is 4.79 Å². The van der Waals surface area contributed by atoms with Crippen LogP contribution in [0, 0.1) is 5.41 Å². The second-order valence-electron chi connectivity index (χ2n) is 5.43. The maximum atomic E-state index is 11.7. The molecule has 0 aliphatic heterocycles. The first-order chi connectivity index (χ1) is 5.54. The molecule has 0 saturated carbocycles. The summed E-state index contributed by atoms with van der Waals surface area (Å²) in [4.78, 5) is 11.7. The fraction of sp³-hybridized carbons (Fsp3) is 0.727. The SMILES string of the molecule is C=C(NC(C)(C)C)C(=O)C(C)(C)C. The number of allylic oxidation sites excluding steroid dienone is 1. The monoisotopic (exact) mass is 183 g/mol. The lowest BCUT2D eigenvalue weighted by Gasteiger charge is -2.26. The number of Topliss-reactive ketones (excluding diaryl/α,β-unsaturated/α-hetero) is 1. The maximum Gasteiger partial charge on any atom is 0.183 e. The van der Waals surface area contributed by atoms with Gasteiger partial charge in [-0.3, -0.25) is 4.79 Å². The van der Waals surface area contributed by atoms with E-state index in [4.69, 9.17) is 0 Å².